The minimum Gasteiger partial charge on any atom is -0.497 e. The molecule has 11 heteroatoms. The van der Waals surface area contributed by atoms with E-state index in [0.29, 0.717) is 42.2 Å². The van der Waals surface area contributed by atoms with Crippen LogP contribution in [0.3, 0.4) is 0 Å². The van der Waals surface area contributed by atoms with Gasteiger partial charge in [-0.2, -0.15) is 4.31 Å². The van der Waals surface area contributed by atoms with Gasteiger partial charge >= 0.3 is 0 Å². The molecule has 0 radical (unpaired) electrons. The lowest BCUT2D eigenvalue weighted by molar-refractivity contribution is -0.124. The molecule has 0 saturated carbocycles. The Kier molecular flexibility index (Phi) is 8.23. The Morgan fingerprint density at radius 1 is 1.05 bits per heavy atom. The molecule has 2 aliphatic heterocycles. The average Bonchev–Trinajstić information content (AvgIpc) is 3.38. The van der Waals surface area contributed by atoms with Crippen LogP contribution in [0.25, 0.3) is 0 Å². The molecular formula is C26H33N3O7S. The highest BCUT2D eigenvalue weighted by Gasteiger charge is 2.36. The third kappa shape index (κ3) is 6.16. The fourth-order valence-corrected chi connectivity index (χ4v) is 5.89. The Labute approximate surface area is 217 Å². The van der Waals surface area contributed by atoms with E-state index >= 15 is 0 Å². The van der Waals surface area contributed by atoms with Crippen molar-refractivity contribution in [3.05, 3.63) is 48.0 Å². The number of nitrogens with one attached hydrogen (secondary N) is 2. The van der Waals surface area contributed by atoms with Crippen LogP contribution in [0.2, 0.25) is 0 Å². The first-order chi connectivity index (χ1) is 17.7. The van der Waals surface area contributed by atoms with E-state index in [0.717, 1.165) is 0 Å². The Bertz CT molecular complexity index is 1220. The summed E-state index contributed by atoms with van der Waals surface area (Å²) in [6, 6.07) is 10.3. The summed E-state index contributed by atoms with van der Waals surface area (Å²) >= 11 is 0. The van der Waals surface area contributed by atoms with Crippen LogP contribution in [-0.4, -0.2) is 64.1 Å². The summed E-state index contributed by atoms with van der Waals surface area (Å²) in [5.41, 5.74) is 0.352. The first-order valence-corrected chi connectivity index (χ1v) is 13.8. The van der Waals surface area contributed by atoms with Crippen molar-refractivity contribution in [2.45, 2.75) is 37.6 Å². The molecule has 2 aromatic carbocycles. The number of ether oxygens (including phenoxy) is 3. The lowest BCUT2D eigenvalue weighted by atomic mass is 9.89. The summed E-state index contributed by atoms with van der Waals surface area (Å²) < 4.78 is 43.5. The predicted molar refractivity (Wildman–Crippen MR) is 136 cm³/mol. The first-order valence-electron chi connectivity index (χ1n) is 12.3. The number of nitrogens with zero attached hydrogens (tertiary/aromatic N) is 1. The molecule has 2 aliphatic rings. The minimum absolute atomic E-state index is 0.0959. The van der Waals surface area contributed by atoms with Gasteiger partial charge in [0.1, 0.15) is 11.8 Å². The molecule has 37 heavy (non-hydrogen) atoms. The maximum Gasteiger partial charge on any atom is 0.252 e. The van der Waals surface area contributed by atoms with Gasteiger partial charge in [-0.1, -0.05) is 13.8 Å². The summed E-state index contributed by atoms with van der Waals surface area (Å²) in [6.45, 7) is 5.03. The molecule has 0 bridgehead atoms. The molecule has 1 fully saturated rings. The monoisotopic (exact) mass is 531 g/mol. The van der Waals surface area contributed by atoms with Gasteiger partial charge in [0.15, 0.2) is 11.5 Å². The lowest BCUT2D eigenvalue weighted by Crippen LogP contribution is -2.54. The van der Waals surface area contributed by atoms with Gasteiger partial charge in [-0.3, -0.25) is 9.59 Å². The van der Waals surface area contributed by atoms with Crippen molar-refractivity contribution in [1.29, 1.82) is 0 Å². The highest BCUT2D eigenvalue weighted by Crippen LogP contribution is 2.33. The van der Waals surface area contributed by atoms with E-state index in [9.17, 15) is 18.0 Å². The van der Waals surface area contributed by atoms with E-state index in [1.807, 2.05) is 13.8 Å². The molecule has 200 valence electrons. The molecule has 4 rings (SSSR count). The lowest BCUT2D eigenvalue weighted by Gasteiger charge is -2.35. The van der Waals surface area contributed by atoms with Crippen molar-refractivity contribution in [1.82, 2.24) is 14.9 Å². The molecule has 0 aromatic heterocycles. The molecule has 0 spiro atoms. The maximum atomic E-state index is 13.1. The van der Waals surface area contributed by atoms with Crippen LogP contribution in [0.1, 0.15) is 37.0 Å². The Morgan fingerprint density at radius 2 is 1.73 bits per heavy atom. The normalized spacial score (nSPS) is 16.9. The zero-order chi connectivity index (χ0) is 26.6. The van der Waals surface area contributed by atoms with E-state index in [2.05, 4.69) is 10.6 Å². The second-order valence-electron chi connectivity index (χ2n) is 9.58. The molecule has 1 saturated heterocycles. The first kappa shape index (κ1) is 26.7. The number of amides is 2. The quantitative estimate of drug-likeness (QED) is 0.509. The molecule has 0 unspecified atom stereocenters. The highest BCUT2D eigenvalue weighted by atomic mass is 32.2. The van der Waals surface area contributed by atoms with Crippen LogP contribution < -0.4 is 24.8 Å². The van der Waals surface area contributed by atoms with Gasteiger partial charge in [-0.15, -0.1) is 0 Å². The number of rotatable bonds is 9. The van der Waals surface area contributed by atoms with Crippen molar-refractivity contribution < 1.29 is 32.2 Å². The van der Waals surface area contributed by atoms with Crippen LogP contribution in [0.4, 0.5) is 0 Å². The van der Waals surface area contributed by atoms with Crippen LogP contribution in [0.5, 0.6) is 17.2 Å². The highest BCUT2D eigenvalue weighted by molar-refractivity contribution is 7.89. The van der Waals surface area contributed by atoms with E-state index in [1.165, 1.54) is 23.5 Å². The smallest absolute Gasteiger partial charge is 0.252 e. The number of piperidine rings is 1. The topological polar surface area (TPSA) is 123 Å². The van der Waals surface area contributed by atoms with Crippen LogP contribution in [0.15, 0.2) is 47.4 Å². The van der Waals surface area contributed by atoms with Gasteiger partial charge < -0.3 is 24.8 Å². The standard InChI is InChI=1S/C26H33N3O7S/c1-17(2)15-27-26(31)24(28-25(30)19-4-9-22-23(14-19)36-16-35-22)18-10-12-29(13-11-18)37(32,33)21-7-5-20(34-3)6-8-21/h4-9,14,17-18,24H,10-13,15-16H2,1-3H3,(H,27,31)(H,28,30)/t24-/m0/s1. The average molecular weight is 532 g/mol. The van der Waals surface area contributed by atoms with Crippen molar-refractivity contribution in [3.8, 4) is 17.2 Å². The third-order valence-electron chi connectivity index (χ3n) is 6.56. The van der Waals surface area contributed by atoms with Crippen molar-refractivity contribution >= 4 is 21.8 Å². The fraction of sp³-hybridized carbons (Fsp3) is 0.462. The van der Waals surface area contributed by atoms with Crippen molar-refractivity contribution in [3.63, 3.8) is 0 Å². The number of benzene rings is 2. The molecule has 2 amide bonds. The molecule has 2 heterocycles. The number of methoxy groups -OCH3 is 1. The van der Waals surface area contributed by atoms with Crippen LogP contribution in [0, 0.1) is 11.8 Å². The minimum atomic E-state index is -3.69. The van der Waals surface area contributed by atoms with Crippen LogP contribution in [-0.2, 0) is 14.8 Å². The second-order valence-corrected chi connectivity index (χ2v) is 11.5. The molecular weight excluding hydrogens is 498 g/mol. The van der Waals surface area contributed by atoms with Crippen LogP contribution >= 0.6 is 0 Å². The molecule has 10 nitrogen and oxygen atoms in total. The maximum absolute atomic E-state index is 13.1. The number of carbonyl (C=O) groups excluding carboxylic acids is 2. The van der Waals surface area contributed by atoms with Gasteiger partial charge in [0, 0.05) is 25.2 Å². The number of hydrogen-bond acceptors (Lipinski definition) is 7. The predicted octanol–water partition coefficient (Wildman–Crippen LogP) is 2.40. The van der Waals surface area contributed by atoms with Crippen molar-refractivity contribution in [2.24, 2.45) is 11.8 Å². The van der Waals surface area contributed by atoms with E-state index in [4.69, 9.17) is 14.2 Å². The number of carbonyl (C=O) groups is 2. The van der Waals surface area contributed by atoms with E-state index in [-0.39, 0.29) is 42.5 Å². The SMILES string of the molecule is COc1ccc(S(=O)(=O)N2CCC([C@H](NC(=O)c3ccc4c(c3)OCO4)C(=O)NCC(C)C)CC2)cc1. The molecule has 0 aliphatic carbocycles. The zero-order valence-corrected chi connectivity index (χ0v) is 22.0. The summed E-state index contributed by atoms with van der Waals surface area (Å²) in [6.07, 6.45) is 0.854. The molecule has 2 aromatic rings. The fourth-order valence-electron chi connectivity index (χ4n) is 4.42. The third-order valence-corrected chi connectivity index (χ3v) is 8.47. The number of hydrogen-bond donors (Lipinski definition) is 2. The Hall–Kier alpha value is -3.31. The summed E-state index contributed by atoms with van der Waals surface area (Å²) in [5.74, 6) is 0.943. The van der Waals surface area contributed by atoms with E-state index in [1.54, 1.807) is 30.3 Å². The van der Waals surface area contributed by atoms with Gasteiger partial charge in [-0.05, 0) is 67.1 Å². The Morgan fingerprint density at radius 3 is 2.38 bits per heavy atom. The van der Waals surface area contributed by atoms with Gasteiger partial charge in [0.25, 0.3) is 5.91 Å². The summed E-state index contributed by atoms with van der Waals surface area (Å²) in [5, 5.41) is 5.80. The second kappa shape index (κ2) is 11.4. The number of fused-ring (bicyclic) bond motifs is 1. The number of sulfonamides is 1. The van der Waals surface area contributed by atoms with E-state index < -0.39 is 22.0 Å². The van der Waals surface area contributed by atoms with Gasteiger partial charge in [0.05, 0.1) is 12.0 Å². The largest absolute Gasteiger partial charge is 0.497 e. The molecule has 2 N–H and O–H groups in total. The summed E-state index contributed by atoms with van der Waals surface area (Å²) in [4.78, 5) is 26.4. The summed E-state index contributed by atoms with van der Waals surface area (Å²) in [7, 11) is -2.16. The molecule has 1 atom stereocenters. The van der Waals surface area contributed by atoms with Gasteiger partial charge in [0.2, 0.25) is 22.7 Å². The van der Waals surface area contributed by atoms with Crippen molar-refractivity contribution in [2.75, 3.05) is 33.5 Å². The Balaban J connectivity index is 1.46. The van der Waals surface area contributed by atoms with Gasteiger partial charge in [-0.25, -0.2) is 8.42 Å². The zero-order valence-electron chi connectivity index (χ0n) is 21.2.